The van der Waals surface area contributed by atoms with Gasteiger partial charge in [-0.25, -0.2) is 9.18 Å². The number of hydrogen-bond acceptors (Lipinski definition) is 1. The summed E-state index contributed by atoms with van der Waals surface area (Å²) in [7, 11) is 0. The van der Waals surface area contributed by atoms with Crippen molar-refractivity contribution >= 4 is 11.7 Å². The van der Waals surface area contributed by atoms with Gasteiger partial charge in [0.05, 0.1) is 5.56 Å². The molecule has 0 fully saturated rings. The summed E-state index contributed by atoms with van der Waals surface area (Å²) in [6, 6.07) is 8.86. The van der Waals surface area contributed by atoms with Crippen molar-refractivity contribution in [2.24, 2.45) is 0 Å². The van der Waals surface area contributed by atoms with E-state index in [1.807, 2.05) is 32.9 Å². The SMILES string of the molecule is CC(C)(C)c1ccccc1NC(=O)NCc1cc(F)cc(C(F)(F)F)c1. The molecule has 2 aromatic carbocycles. The number of halogens is 4. The Bertz CT molecular complexity index is 795. The maximum absolute atomic E-state index is 13.4. The van der Waals surface area contributed by atoms with Crippen LogP contribution in [0.5, 0.6) is 0 Å². The van der Waals surface area contributed by atoms with Crippen LogP contribution < -0.4 is 10.6 Å². The van der Waals surface area contributed by atoms with E-state index < -0.39 is 23.6 Å². The van der Waals surface area contributed by atoms with Crippen LogP contribution in [-0.2, 0) is 18.1 Å². The molecule has 3 nitrogen and oxygen atoms in total. The zero-order valence-corrected chi connectivity index (χ0v) is 14.7. The molecular weight excluding hydrogens is 348 g/mol. The number of urea groups is 1. The van der Waals surface area contributed by atoms with Crippen molar-refractivity contribution < 1.29 is 22.4 Å². The van der Waals surface area contributed by atoms with E-state index in [1.54, 1.807) is 12.1 Å². The van der Waals surface area contributed by atoms with E-state index in [-0.39, 0.29) is 17.5 Å². The molecule has 26 heavy (non-hydrogen) atoms. The molecule has 0 aliphatic rings. The van der Waals surface area contributed by atoms with Crippen molar-refractivity contribution in [3.05, 3.63) is 65.0 Å². The Kier molecular flexibility index (Phi) is 5.59. The highest BCUT2D eigenvalue weighted by atomic mass is 19.4. The third-order valence-electron chi connectivity index (χ3n) is 3.72. The topological polar surface area (TPSA) is 41.1 Å². The number of alkyl halides is 3. The smallest absolute Gasteiger partial charge is 0.334 e. The second-order valence-electron chi connectivity index (χ2n) is 6.95. The highest BCUT2D eigenvalue weighted by molar-refractivity contribution is 5.90. The van der Waals surface area contributed by atoms with Crippen molar-refractivity contribution in [2.75, 3.05) is 5.32 Å². The predicted molar refractivity (Wildman–Crippen MR) is 92.4 cm³/mol. The summed E-state index contributed by atoms with van der Waals surface area (Å²) in [4.78, 5) is 12.1. The van der Waals surface area contributed by atoms with Crippen molar-refractivity contribution in [1.29, 1.82) is 0 Å². The first-order valence-electron chi connectivity index (χ1n) is 7.98. The second kappa shape index (κ2) is 7.35. The van der Waals surface area contributed by atoms with Gasteiger partial charge in [0.25, 0.3) is 0 Å². The van der Waals surface area contributed by atoms with Gasteiger partial charge in [0.2, 0.25) is 0 Å². The van der Waals surface area contributed by atoms with Crippen LogP contribution in [0.25, 0.3) is 0 Å². The van der Waals surface area contributed by atoms with Crippen LogP contribution in [0.3, 0.4) is 0 Å². The Morgan fingerprint density at radius 3 is 2.31 bits per heavy atom. The van der Waals surface area contributed by atoms with E-state index in [9.17, 15) is 22.4 Å². The number of anilines is 1. The fourth-order valence-electron chi connectivity index (χ4n) is 2.51. The molecule has 0 saturated carbocycles. The number of carbonyl (C=O) groups is 1. The lowest BCUT2D eigenvalue weighted by atomic mass is 9.86. The van der Waals surface area contributed by atoms with Gasteiger partial charge in [-0.15, -0.1) is 0 Å². The maximum atomic E-state index is 13.4. The molecule has 0 radical (unpaired) electrons. The third-order valence-corrected chi connectivity index (χ3v) is 3.72. The van der Waals surface area contributed by atoms with E-state index in [0.717, 1.165) is 17.7 Å². The van der Waals surface area contributed by atoms with Gasteiger partial charge >= 0.3 is 12.2 Å². The largest absolute Gasteiger partial charge is 0.416 e. The molecule has 2 N–H and O–H groups in total. The molecule has 0 bridgehead atoms. The molecule has 7 heteroatoms. The zero-order chi connectivity index (χ0) is 19.5. The minimum atomic E-state index is -4.65. The maximum Gasteiger partial charge on any atom is 0.416 e. The van der Waals surface area contributed by atoms with E-state index in [0.29, 0.717) is 11.8 Å². The van der Waals surface area contributed by atoms with E-state index in [4.69, 9.17) is 0 Å². The summed E-state index contributed by atoms with van der Waals surface area (Å²) >= 11 is 0. The first-order chi connectivity index (χ1) is 12.0. The summed E-state index contributed by atoms with van der Waals surface area (Å²) in [6.07, 6.45) is -4.65. The van der Waals surface area contributed by atoms with Gasteiger partial charge in [0.15, 0.2) is 0 Å². The summed E-state index contributed by atoms with van der Waals surface area (Å²) in [5.74, 6) is -1.00. The molecule has 2 amide bonds. The van der Waals surface area contributed by atoms with Crippen LogP contribution in [-0.4, -0.2) is 6.03 Å². The fraction of sp³-hybridized carbons (Fsp3) is 0.316. The van der Waals surface area contributed by atoms with Crippen LogP contribution >= 0.6 is 0 Å². The van der Waals surface area contributed by atoms with Gasteiger partial charge in [-0.1, -0.05) is 39.0 Å². The number of carbonyl (C=O) groups excluding carboxylic acids is 1. The highest BCUT2D eigenvalue weighted by Crippen LogP contribution is 2.31. The molecule has 2 rings (SSSR count). The average Bonchev–Trinajstić information content (AvgIpc) is 2.51. The average molecular weight is 368 g/mol. The number of para-hydroxylation sites is 1. The van der Waals surface area contributed by atoms with Gasteiger partial charge in [0.1, 0.15) is 5.82 Å². The highest BCUT2D eigenvalue weighted by Gasteiger charge is 2.31. The summed E-state index contributed by atoms with van der Waals surface area (Å²) < 4.78 is 51.6. The minimum absolute atomic E-state index is 0.0246. The van der Waals surface area contributed by atoms with Gasteiger partial charge in [0, 0.05) is 12.2 Å². The minimum Gasteiger partial charge on any atom is -0.334 e. The lowest BCUT2D eigenvalue weighted by Crippen LogP contribution is -2.29. The third kappa shape index (κ3) is 5.21. The predicted octanol–water partition coefficient (Wildman–Crippen LogP) is 5.46. The quantitative estimate of drug-likeness (QED) is 0.694. The Balaban J connectivity index is 2.08. The molecule has 0 aliphatic carbocycles. The molecule has 0 heterocycles. The Morgan fingerprint density at radius 1 is 1.04 bits per heavy atom. The van der Waals surface area contributed by atoms with E-state index in [2.05, 4.69) is 10.6 Å². The molecule has 140 valence electrons. The number of rotatable bonds is 3. The number of amides is 2. The van der Waals surface area contributed by atoms with Crippen molar-refractivity contribution in [2.45, 2.75) is 38.9 Å². The number of nitrogens with one attached hydrogen (secondary N) is 2. The van der Waals surface area contributed by atoms with Crippen LogP contribution in [0, 0.1) is 5.82 Å². The summed E-state index contributed by atoms with van der Waals surface area (Å²) in [6.45, 7) is 5.76. The van der Waals surface area contributed by atoms with Crippen LogP contribution in [0.4, 0.5) is 28.0 Å². The second-order valence-corrected chi connectivity index (χ2v) is 6.95. The first-order valence-corrected chi connectivity index (χ1v) is 7.98. The Hall–Kier alpha value is -2.57. The molecule has 0 aromatic heterocycles. The molecule has 2 aromatic rings. The van der Waals surface area contributed by atoms with Crippen LogP contribution in [0.15, 0.2) is 42.5 Å². The zero-order valence-electron chi connectivity index (χ0n) is 14.7. The van der Waals surface area contributed by atoms with E-state index in [1.165, 1.54) is 0 Å². The molecule has 0 spiro atoms. The van der Waals surface area contributed by atoms with Gasteiger partial charge in [-0.05, 0) is 40.8 Å². The van der Waals surface area contributed by atoms with Crippen LogP contribution in [0.2, 0.25) is 0 Å². The van der Waals surface area contributed by atoms with Gasteiger partial charge in [-0.2, -0.15) is 13.2 Å². The normalized spacial score (nSPS) is 12.0. The van der Waals surface area contributed by atoms with Crippen molar-refractivity contribution in [3.8, 4) is 0 Å². The van der Waals surface area contributed by atoms with Gasteiger partial charge < -0.3 is 10.6 Å². The molecular formula is C19H20F4N2O. The van der Waals surface area contributed by atoms with E-state index >= 15 is 0 Å². The summed E-state index contributed by atoms with van der Waals surface area (Å²) in [5.41, 5.74) is 0.256. The van der Waals surface area contributed by atoms with Gasteiger partial charge in [-0.3, -0.25) is 0 Å². The lowest BCUT2D eigenvalue weighted by Gasteiger charge is -2.23. The Morgan fingerprint density at radius 2 is 1.69 bits per heavy atom. The molecule has 0 unspecified atom stereocenters. The van der Waals surface area contributed by atoms with Crippen molar-refractivity contribution in [1.82, 2.24) is 5.32 Å². The van der Waals surface area contributed by atoms with Crippen LogP contribution in [0.1, 0.15) is 37.5 Å². The molecule has 0 aliphatic heterocycles. The van der Waals surface area contributed by atoms with Crippen molar-refractivity contribution in [3.63, 3.8) is 0 Å². The standard InChI is InChI=1S/C19H20F4N2O/c1-18(2,3)15-6-4-5-7-16(15)25-17(26)24-11-12-8-13(19(21,22)23)10-14(20)9-12/h4-10H,11H2,1-3H3,(H2,24,25,26). The molecule has 0 saturated heterocycles. The fourth-order valence-corrected chi connectivity index (χ4v) is 2.51. The molecule has 0 atom stereocenters. The number of benzene rings is 2. The number of hydrogen-bond donors (Lipinski definition) is 2. The lowest BCUT2D eigenvalue weighted by molar-refractivity contribution is -0.137. The summed E-state index contributed by atoms with van der Waals surface area (Å²) in [5, 5.41) is 5.13. The Labute approximate surface area is 149 Å². The monoisotopic (exact) mass is 368 g/mol. The first kappa shape index (κ1) is 19.8.